The summed E-state index contributed by atoms with van der Waals surface area (Å²) in [5.74, 6) is 2.62. The van der Waals surface area contributed by atoms with E-state index in [0.717, 1.165) is 23.7 Å². The van der Waals surface area contributed by atoms with Crippen LogP contribution in [0, 0.1) is 6.92 Å². The maximum atomic E-state index is 10.3. The molecule has 2 atom stereocenters. The van der Waals surface area contributed by atoms with E-state index in [2.05, 4.69) is 18.7 Å². The molecule has 0 amide bonds. The van der Waals surface area contributed by atoms with Gasteiger partial charge in [0.1, 0.15) is 30.0 Å². The first-order valence-electron chi connectivity index (χ1n) is 8.23. The van der Waals surface area contributed by atoms with E-state index in [1.165, 1.54) is 0 Å². The highest BCUT2D eigenvalue weighted by atomic mass is 16.5. The van der Waals surface area contributed by atoms with Crippen LogP contribution in [0.3, 0.4) is 0 Å². The molecule has 0 saturated carbocycles. The number of aliphatic hydroxyl groups is 1. The van der Waals surface area contributed by atoms with Crippen molar-refractivity contribution in [1.82, 2.24) is 4.90 Å². The highest BCUT2D eigenvalue weighted by Gasteiger charge is 2.18. The van der Waals surface area contributed by atoms with Gasteiger partial charge in [-0.2, -0.15) is 0 Å². The molecule has 0 aliphatic carbocycles. The van der Waals surface area contributed by atoms with Gasteiger partial charge in [-0.15, -0.1) is 0 Å². The van der Waals surface area contributed by atoms with Gasteiger partial charge in [0.05, 0.1) is 6.54 Å². The summed E-state index contributed by atoms with van der Waals surface area (Å²) in [6.45, 7) is 7.80. The molecule has 0 spiro atoms. The zero-order chi connectivity index (χ0) is 16.7. The topological polar surface area (TPSA) is 45.8 Å². The van der Waals surface area contributed by atoms with Gasteiger partial charge in [0.25, 0.3) is 0 Å². The van der Waals surface area contributed by atoms with Gasteiger partial charge >= 0.3 is 0 Å². The summed E-state index contributed by atoms with van der Waals surface area (Å²) in [7, 11) is 0. The van der Waals surface area contributed by atoms with Crippen LogP contribution >= 0.6 is 0 Å². The van der Waals surface area contributed by atoms with Crippen molar-refractivity contribution in [2.75, 3.05) is 13.2 Å². The van der Waals surface area contributed by atoms with Crippen LogP contribution in [0.1, 0.15) is 31.8 Å². The van der Waals surface area contributed by atoms with Crippen molar-refractivity contribution in [3.63, 3.8) is 0 Å². The molecule has 23 heavy (non-hydrogen) atoms. The molecule has 0 aliphatic rings. The molecule has 2 rings (SSSR count). The maximum Gasteiger partial charge on any atom is 0.119 e. The predicted octanol–water partition coefficient (Wildman–Crippen LogP) is 3.63. The fourth-order valence-corrected chi connectivity index (χ4v) is 2.46. The number of aliphatic hydroxyl groups excluding tert-OH is 1. The molecule has 4 nitrogen and oxygen atoms in total. The van der Waals surface area contributed by atoms with E-state index in [0.29, 0.717) is 19.1 Å². The number of para-hydroxylation sites is 1. The number of hydrogen-bond donors (Lipinski definition) is 1. The molecule has 0 aliphatic heterocycles. The van der Waals surface area contributed by atoms with E-state index in [-0.39, 0.29) is 6.61 Å². The molecule has 1 heterocycles. The number of rotatable bonds is 9. The van der Waals surface area contributed by atoms with Crippen LogP contribution < -0.4 is 4.74 Å². The zero-order valence-electron chi connectivity index (χ0n) is 14.2. The second kappa shape index (κ2) is 8.75. The Morgan fingerprint density at radius 3 is 2.52 bits per heavy atom. The van der Waals surface area contributed by atoms with E-state index in [4.69, 9.17) is 9.15 Å². The van der Waals surface area contributed by atoms with Gasteiger partial charge in [-0.05, 0) is 44.5 Å². The number of nitrogens with zero attached hydrogens (tertiary/aromatic N) is 1. The van der Waals surface area contributed by atoms with Crippen LogP contribution in [0.25, 0.3) is 0 Å². The smallest absolute Gasteiger partial charge is 0.119 e. The molecule has 1 N–H and O–H groups in total. The Hall–Kier alpha value is -1.78. The average Bonchev–Trinajstić information content (AvgIpc) is 2.97. The minimum atomic E-state index is -0.541. The van der Waals surface area contributed by atoms with E-state index in [9.17, 15) is 5.11 Å². The largest absolute Gasteiger partial charge is 0.491 e. The fourth-order valence-electron chi connectivity index (χ4n) is 2.46. The average molecular weight is 317 g/mol. The molecular formula is C19H27NO3. The lowest BCUT2D eigenvalue weighted by Crippen LogP contribution is -2.40. The first-order valence-corrected chi connectivity index (χ1v) is 8.23. The molecule has 2 unspecified atom stereocenters. The van der Waals surface area contributed by atoms with Crippen LogP contribution in [0.4, 0.5) is 0 Å². The maximum absolute atomic E-state index is 10.3. The lowest BCUT2D eigenvalue weighted by molar-refractivity contribution is 0.0477. The van der Waals surface area contributed by atoms with Crippen molar-refractivity contribution < 1.29 is 14.3 Å². The molecule has 0 bridgehead atoms. The van der Waals surface area contributed by atoms with E-state index in [1.54, 1.807) is 0 Å². The Kier molecular flexibility index (Phi) is 6.68. The van der Waals surface area contributed by atoms with Crippen molar-refractivity contribution in [2.24, 2.45) is 0 Å². The second-order valence-electron chi connectivity index (χ2n) is 5.98. The van der Waals surface area contributed by atoms with Gasteiger partial charge < -0.3 is 14.3 Å². The molecular weight excluding hydrogens is 290 g/mol. The van der Waals surface area contributed by atoms with E-state index >= 15 is 0 Å². The van der Waals surface area contributed by atoms with Crippen molar-refractivity contribution in [3.8, 4) is 5.75 Å². The SMILES string of the molecule is CCC(C)N(Cc1ccc(C)o1)CC(O)COc1ccccc1. The fraction of sp³-hybridized carbons (Fsp3) is 0.474. The second-order valence-corrected chi connectivity index (χ2v) is 5.98. The van der Waals surface area contributed by atoms with Crippen LogP contribution in [0.15, 0.2) is 46.9 Å². The van der Waals surface area contributed by atoms with Crippen molar-refractivity contribution in [2.45, 2.75) is 45.9 Å². The summed E-state index contributed by atoms with van der Waals surface area (Å²) < 4.78 is 11.3. The summed E-state index contributed by atoms with van der Waals surface area (Å²) in [5, 5.41) is 10.3. The Labute approximate surface area is 138 Å². The molecule has 2 aromatic rings. The Morgan fingerprint density at radius 1 is 1.17 bits per heavy atom. The first-order chi connectivity index (χ1) is 11.1. The summed E-state index contributed by atoms with van der Waals surface area (Å²) in [4.78, 5) is 2.23. The van der Waals surface area contributed by atoms with Crippen LogP contribution in [0.5, 0.6) is 5.75 Å². The van der Waals surface area contributed by atoms with Gasteiger partial charge in [-0.3, -0.25) is 4.90 Å². The molecule has 1 aromatic carbocycles. The van der Waals surface area contributed by atoms with Crippen LogP contribution in [0.2, 0.25) is 0 Å². The van der Waals surface area contributed by atoms with Crippen LogP contribution in [-0.4, -0.2) is 35.3 Å². The molecule has 126 valence electrons. The lowest BCUT2D eigenvalue weighted by atomic mass is 10.2. The summed E-state index contributed by atoms with van der Waals surface area (Å²) >= 11 is 0. The number of furan rings is 1. The minimum Gasteiger partial charge on any atom is -0.491 e. The highest BCUT2D eigenvalue weighted by Crippen LogP contribution is 2.15. The third-order valence-corrected chi connectivity index (χ3v) is 4.00. The van der Waals surface area contributed by atoms with Crippen molar-refractivity contribution in [1.29, 1.82) is 0 Å². The Balaban J connectivity index is 1.88. The monoisotopic (exact) mass is 317 g/mol. The summed E-state index contributed by atoms with van der Waals surface area (Å²) in [6.07, 6.45) is 0.478. The summed E-state index contributed by atoms with van der Waals surface area (Å²) in [6, 6.07) is 13.9. The lowest BCUT2D eigenvalue weighted by Gasteiger charge is -2.29. The number of ether oxygens (including phenoxy) is 1. The zero-order valence-corrected chi connectivity index (χ0v) is 14.2. The first kappa shape index (κ1) is 17.6. The standard InChI is InChI=1S/C19H27NO3/c1-4-15(2)20(13-19-11-10-16(3)23-19)12-17(21)14-22-18-8-6-5-7-9-18/h5-11,15,17,21H,4,12-14H2,1-3H3. The van der Waals surface area contributed by atoms with Crippen LogP contribution in [-0.2, 0) is 6.54 Å². The third-order valence-electron chi connectivity index (χ3n) is 4.00. The summed E-state index contributed by atoms with van der Waals surface area (Å²) in [5.41, 5.74) is 0. The third kappa shape index (κ3) is 5.73. The predicted molar refractivity (Wildman–Crippen MR) is 91.6 cm³/mol. The molecule has 4 heteroatoms. The molecule has 1 aromatic heterocycles. The Bertz CT molecular complexity index is 567. The van der Waals surface area contributed by atoms with Gasteiger partial charge in [0, 0.05) is 12.6 Å². The van der Waals surface area contributed by atoms with E-state index < -0.39 is 6.10 Å². The van der Waals surface area contributed by atoms with Gasteiger partial charge in [-0.25, -0.2) is 0 Å². The molecule has 0 saturated heterocycles. The molecule has 0 radical (unpaired) electrons. The van der Waals surface area contributed by atoms with Gasteiger partial charge in [0.15, 0.2) is 0 Å². The highest BCUT2D eigenvalue weighted by molar-refractivity contribution is 5.20. The van der Waals surface area contributed by atoms with Gasteiger partial charge in [0.2, 0.25) is 0 Å². The molecule has 0 fully saturated rings. The van der Waals surface area contributed by atoms with E-state index in [1.807, 2.05) is 49.4 Å². The van der Waals surface area contributed by atoms with Crippen molar-refractivity contribution in [3.05, 3.63) is 54.0 Å². The number of benzene rings is 1. The normalized spacial score (nSPS) is 14.0. The Morgan fingerprint density at radius 2 is 1.91 bits per heavy atom. The van der Waals surface area contributed by atoms with Gasteiger partial charge in [-0.1, -0.05) is 25.1 Å². The number of hydrogen-bond acceptors (Lipinski definition) is 4. The minimum absolute atomic E-state index is 0.286. The number of aryl methyl sites for hydroxylation is 1. The van der Waals surface area contributed by atoms with Crippen molar-refractivity contribution >= 4 is 0 Å². The quantitative estimate of drug-likeness (QED) is 0.767.